The van der Waals surface area contributed by atoms with Crippen molar-refractivity contribution < 1.29 is 14.6 Å². The molecule has 1 fully saturated rings. The predicted octanol–water partition coefficient (Wildman–Crippen LogP) is -0.347. The van der Waals surface area contributed by atoms with E-state index in [9.17, 15) is 4.79 Å². The van der Waals surface area contributed by atoms with E-state index in [-0.39, 0.29) is 6.10 Å². The van der Waals surface area contributed by atoms with Crippen LogP contribution in [0, 0.1) is 0 Å². The van der Waals surface area contributed by atoms with Gasteiger partial charge in [-0.2, -0.15) is 0 Å². The van der Waals surface area contributed by atoms with Crippen LogP contribution in [0.25, 0.3) is 0 Å². The van der Waals surface area contributed by atoms with Crippen molar-refractivity contribution in [3.05, 3.63) is 0 Å². The molecule has 4 heteroatoms. The van der Waals surface area contributed by atoms with Crippen molar-refractivity contribution in [1.29, 1.82) is 0 Å². The summed E-state index contributed by atoms with van der Waals surface area (Å²) in [7, 11) is 0. The van der Waals surface area contributed by atoms with Gasteiger partial charge in [0.1, 0.15) is 0 Å². The van der Waals surface area contributed by atoms with Crippen molar-refractivity contribution in [3.63, 3.8) is 0 Å². The highest BCUT2D eigenvalue weighted by Gasteiger charge is 2.22. The van der Waals surface area contributed by atoms with Gasteiger partial charge in [-0.25, -0.2) is 4.79 Å². The van der Waals surface area contributed by atoms with Crippen LogP contribution < -0.4 is 5.32 Å². The van der Waals surface area contributed by atoms with Gasteiger partial charge in [-0.3, -0.25) is 0 Å². The van der Waals surface area contributed by atoms with E-state index in [2.05, 4.69) is 5.32 Å². The van der Waals surface area contributed by atoms with E-state index in [0.29, 0.717) is 13.2 Å². The van der Waals surface area contributed by atoms with Gasteiger partial charge in [-0.05, 0) is 0 Å². The van der Waals surface area contributed by atoms with Crippen LogP contribution in [0.5, 0.6) is 0 Å². The summed E-state index contributed by atoms with van der Waals surface area (Å²) in [6.45, 7) is 1.12. The number of epoxide rings is 1. The van der Waals surface area contributed by atoms with Crippen molar-refractivity contribution in [3.8, 4) is 0 Å². The molecule has 0 aromatic carbocycles. The fourth-order valence-electron chi connectivity index (χ4n) is 0.387. The normalized spacial score (nSPS) is 24.8. The Hall–Kier alpha value is -0.770. The van der Waals surface area contributed by atoms with Gasteiger partial charge in [0.2, 0.25) is 0 Å². The Morgan fingerprint density at radius 2 is 2.62 bits per heavy atom. The first-order valence-corrected chi connectivity index (χ1v) is 2.37. The summed E-state index contributed by atoms with van der Waals surface area (Å²) < 4.78 is 4.73. The number of rotatable bonds is 2. The van der Waals surface area contributed by atoms with Gasteiger partial charge >= 0.3 is 6.09 Å². The van der Waals surface area contributed by atoms with Crippen molar-refractivity contribution >= 4 is 6.09 Å². The first kappa shape index (κ1) is 5.37. The molecule has 1 heterocycles. The minimum atomic E-state index is -0.986. The van der Waals surface area contributed by atoms with Crippen LogP contribution >= 0.6 is 0 Å². The van der Waals surface area contributed by atoms with E-state index in [4.69, 9.17) is 9.84 Å². The average molecular weight is 117 g/mol. The lowest BCUT2D eigenvalue weighted by Gasteiger charge is -1.91. The van der Waals surface area contributed by atoms with Crippen LogP contribution in [-0.2, 0) is 4.74 Å². The molecule has 0 aromatic heterocycles. The molecule has 0 bridgehead atoms. The number of amides is 1. The summed E-state index contributed by atoms with van der Waals surface area (Å²) in [5.41, 5.74) is 0. The molecule has 0 radical (unpaired) electrons. The van der Waals surface area contributed by atoms with Gasteiger partial charge in [0.05, 0.1) is 12.7 Å². The summed E-state index contributed by atoms with van der Waals surface area (Å²) in [5.74, 6) is 0. The molecule has 0 aromatic rings. The van der Waals surface area contributed by atoms with E-state index < -0.39 is 6.09 Å². The van der Waals surface area contributed by atoms with Gasteiger partial charge in [-0.1, -0.05) is 0 Å². The zero-order chi connectivity index (χ0) is 5.98. The number of nitrogens with one attached hydrogen (secondary N) is 1. The summed E-state index contributed by atoms with van der Waals surface area (Å²) >= 11 is 0. The second-order valence-electron chi connectivity index (χ2n) is 1.64. The van der Waals surface area contributed by atoms with Gasteiger partial charge in [0, 0.05) is 6.54 Å². The van der Waals surface area contributed by atoms with Crippen LogP contribution in [0.3, 0.4) is 0 Å². The van der Waals surface area contributed by atoms with Crippen LogP contribution in [0.1, 0.15) is 0 Å². The third kappa shape index (κ3) is 1.79. The molecular weight excluding hydrogens is 110 g/mol. The lowest BCUT2D eigenvalue weighted by atomic mass is 10.5. The highest BCUT2D eigenvalue weighted by Crippen LogP contribution is 2.05. The van der Waals surface area contributed by atoms with Crippen LogP contribution in [0.4, 0.5) is 4.79 Å². The Bertz CT molecular complexity index is 99.5. The van der Waals surface area contributed by atoms with E-state index in [1.54, 1.807) is 0 Å². The van der Waals surface area contributed by atoms with Crippen molar-refractivity contribution in [1.82, 2.24) is 5.32 Å². The Balaban J connectivity index is 1.95. The topological polar surface area (TPSA) is 61.9 Å². The molecule has 46 valence electrons. The predicted molar refractivity (Wildman–Crippen MR) is 25.8 cm³/mol. The second-order valence-corrected chi connectivity index (χ2v) is 1.64. The molecule has 1 aliphatic rings. The zero-order valence-corrected chi connectivity index (χ0v) is 4.26. The van der Waals surface area contributed by atoms with E-state index >= 15 is 0 Å². The number of hydrogen-bond acceptors (Lipinski definition) is 2. The van der Waals surface area contributed by atoms with Crippen LogP contribution in [-0.4, -0.2) is 30.5 Å². The second kappa shape index (κ2) is 2.00. The van der Waals surface area contributed by atoms with Crippen molar-refractivity contribution in [2.45, 2.75) is 6.10 Å². The van der Waals surface area contributed by atoms with Crippen molar-refractivity contribution in [2.75, 3.05) is 13.2 Å². The first-order chi connectivity index (χ1) is 3.79. The summed E-state index contributed by atoms with van der Waals surface area (Å²) in [4.78, 5) is 9.76. The summed E-state index contributed by atoms with van der Waals surface area (Å²) in [6.07, 6.45) is -0.841. The van der Waals surface area contributed by atoms with Gasteiger partial charge < -0.3 is 15.2 Å². The first-order valence-electron chi connectivity index (χ1n) is 2.37. The Morgan fingerprint density at radius 3 is 3.00 bits per heavy atom. The largest absolute Gasteiger partial charge is 0.465 e. The van der Waals surface area contributed by atoms with E-state index in [0.717, 1.165) is 0 Å². The number of ether oxygens (including phenoxy) is 1. The molecule has 1 saturated heterocycles. The quantitative estimate of drug-likeness (QED) is 0.486. The Kier molecular flexibility index (Phi) is 1.34. The SMILES string of the molecule is O=C(O)NC[C@H]1CO1. The number of hydrogen-bond donors (Lipinski definition) is 2. The third-order valence-corrected chi connectivity index (χ3v) is 0.883. The molecule has 2 N–H and O–H groups in total. The zero-order valence-electron chi connectivity index (χ0n) is 4.26. The summed E-state index contributed by atoms with van der Waals surface area (Å²) in [6, 6.07) is 0. The van der Waals surface area contributed by atoms with Crippen LogP contribution in [0.2, 0.25) is 0 Å². The maximum absolute atomic E-state index is 9.76. The number of carbonyl (C=O) groups is 1. The van der Waals surface area contributed by atoms with Gasteiger partial charge in [-0.15, -0.1) is 0 Å². The molecular formula is C4H7NO3. The molecule has 0 unspecified atom stereocenters. The molecule has 8 heavy (non-hydrogen) atoms. The average Bonchev–Trinajstić information content (AvgIpc) is 2.41. The summed E-state index contributed by atoms with van der Waals surface area (Å²) in [5, 5.41) is 10.2. The Morgan fingerprint density at radius 1 is 2.00 bits per heavy atom. The van der Waals surface area contributed by atoms with Crippen molar-refractivity contribution in [2.24, 2.45) is 0 Å². The highest BCUT2D eigenvalue weighted by molar-refractivity contribution is 5.64. The number of carboxylic acid groups (broad SMARTS) is 1. The molecule has 0 aliphatic carbocycles. The molecule has 0 saturated carbocycles. The molecule has 0 spiro atoms. The van der Waals surface area contributed by atoms with E-state index in [1.807, 2.05) is 0 Å². The lowest BCUT2D eigenvalue weighted by Crippen LogP contribution is -2.25. The molecule has 1 rings (SSSR count). The van der Waals surface area contributed by atoms with Crippen LogP contribution in [0.15, 0.2) is 0 Å². The maximum Gasteiger partial charge on any atom is 0.404 e. The molecule has 1 amide bonds. The lowest BCUT2D eigenvalue weighted by molar-refractivity contribution is 0.193. The highest BCUT2D eigenvalue weighted by atomic mass is 16.6. The molecule has 1 aliphatic heterocycles. The molecule has 4 nitrogen and oxygen atoms in total. The smallest absolute Gasteiger partial charge is 0.404 e. The fourth-order valence-corrected chi connectivity index (χ4v) is 0.387. The monoisotopic (exact) mass is 117 g/mol. The standard InChI is InChI=1S/C4H7NO3/c6-4(7)5-1-3-2-8-3/h3,5H,1-2H2,(H,6,7)/t3-/m0/s1. The minimum absolute atomic E-state index is 0.145. The maximum atomic E-state index is 9.76. The minimum Gasteiger partial charge on any atom is -0.465 e. The molecule has 1 atom stereocenters. The fraction of sp³-hybridized carbons (Fsp3) is 0.750. The van der Waals surface area contributed by atoms with Gasteiger partial charge in [0.15, 0.2) is 0 Å². The Labute approximate surface area is 46.4 Å². The van der Waals surface area contributed by atoms with E-state index in [1.165, 1.54) is 0 Å². The third-order valence-electron chi connectivity index (χ3n) is 0.883. The van der Waals surface area contributed by atoms with Gasteiger partial charge in [0.25, 0.3) is 0 Å².